The predicted molar refractivity (Wildman–Crippen MR) is 73.8 cm³/mol. The van der Waals surface area contributed by atoms with Crippen LogP contribution in [0.1, 0.15) is 51.9 Å². The van der Waals surface area contributed by atoms with Crippen LogP contribution >= 0.6 is 0 Å². The van der Waals surface area contributed by atoms with Crippen LogP contribution in [0.5, 0.6) is 0 Å². The first-order chi connectivity index (χ1) is 7.56. The van der Waals surface area contributed by atoms with E-state index in [2.05, 4.69) is 33.4 Å². The molecule has 2 nitrogen and oxygen atoms in total. The Kier molecular flexibility index (Phi) is 14.9. The Bertz CT molecular complexity index is 144. The van der Waals surface area contributed by atoms with Gasteiger partial charge in [-0.15, -0.1) is 0 Å². The Balaban J connectivity index is 0. The largest absolute Gasteiger partial charge is 1.00 e. The molecule has 0 saturated heterocycles. The van der Waals surface area contributed by atoms with Crippen molar-refractivity contribution in [2.24, 2.45) is 0 Å². The lowest BCUT2D eigenvalue weighted by Gasteiger charge is -2.23. The van der Waals surface area contributed by atoms with Crippen molar-refractivity contribution >= 4 is 0 Å². The number of nitrogens with one attached hydrogen (secondary N) is 1. The third-order valence-electron chi connectivity index (χ3n) is 2.89. The van der Waals surface area contributed by atoms with Gasteiger partial charge in [-0.3, -0.25) is 0 Å². The van der Waals surface area contributed by atoms with Crippen molar-refractivity contribution in [2.45, 2.75) is 51.9 Å². The lowest BCUT2D eigenvalue weighted by Crippen LogP contribution is -3.00. The van der Waals surface area contributed by atoms with Crippen molar-refractivity contribution in [1.29, 1.82) is 0 Å². The number of rotatable bonds is 11. The molecular formula is C14H33BrN2. The number of halogens is 1. The number of hydrogen-bond acceptors (Lipinski definition) is 1. The lowest BCUT2D eigenvalue weighted by molar-refractivity contribution is -0.870. The maximum atomic E-state index is 3.54. The van der Waals surface area contributed by atoms with Crippen molar-refractivity contribution in [3.05, 3.63) is 0 Å². The normalized spacial score (nSPS) is 11.3. The Labute approximate surface area is 120 Å². The van der Waals surface area contributed by atoms with E-state index in [1.165, 1.54) is 64.6 Å². The van der Waals surface area contributed by atoms with Crippen LogP contribution in [0.15, 0.2) is 0 Å². The average Bonchev–Trinajstić information content (AvgIpc) is 2.19. The third-order valence-corrected chi connectivity index (χ3v) is 2.89. The second-order valence-electron chi connectivity index (χ2n) is 5.89. The van der Waals surface area contributed by atoms with Crippen LogP contribution in [0.2, 0.25) is 0 Å². The van der Waals surface area contributed by atoms with E-state index in [1.807, 2.05) is 0 Å². The molecule has 0 aromatic rings. The third kappa shape index (κ3) is 18.9. The van der Waals surface area contributed by atoms with Gasteiger partial charge in [-0.05, 0) is 13.0 Å². The molecule has 0 amide bonds. The zero-order chi connectivity index (χ0) is 12.3. The van der Waals surface area contributed by atoms with Gasteiger partial charge >= 0.3 is 0 Å². The topological polar surface area (TPSA) is 12.0 Å². The highest BCUT2D eigenvalue weighted by molar-refractivity contribution is 4.49. The minimum Gasteiger partial charge on any atom is -1.00 e. The van der Waals surface area contributed by atoms with Crippen molar-refractivity contribution < 1.29 is 21.5 Å². The summed E-state index contributed by atoms with van der Waals surface area (Å²) in [4.78, 5) is 0. The summed E-state index contributed by atoms with van der Waals surface area (Å²) in [5, 5.41) is 3.54. The van der Waals surface area contributed by atoms with Gasteiger partial charge in [-0.25, -0.2) is 0 Å². The van der Waals surface area contributed by atoms with Crippen LogP contribution in [0.25, 0.3) is 0 Å². The van der Waals surface area contributed by atoms with Crippen LogP contribution in [0.4, 0.5) is 0 Å². The molecule has 0 bridgehead atoms. The summed E-state index contributed by atoms with van der Waals surface area (Å²) >= 11 is 0. The van der Waals surface area contributed by atoms with E-state index >= 15 is 0 Å². The fourth-order valence-electron chi connectivity index (χ4n) is 1.83. The monoisotopic (exact) mass is 308 g/mol. The number of quaternary nitrogens is 1. The second kappa shape index (κ2) is 12.8. The molecule has 0 aromatic carbocycles. The highest BCUT2D eigenvalue weighted by atomic mass is 79.9. The quantitative estimate of drug-likeness (QED) is 0.420. The molecule has 0 aliphatic rings. The van der Waals surface area contributed by atoms with Crippen molar-refractivity contribution in [1.82, 2.24) is 5.32 Å². The lowest BCUT2D eigenvalue weighted by atomic mass is 10.1. The molecule has 0 saturated carbocycles. The zero-order valence-corrected chi connectivity index (χ0v) is 14.0. The molecule has 0 atom stereocenters. The Morgan fingerprint density at radius 1 is 0.765 bits per heavy atom. The van der Waals surface area contributed by atoms with Crippen molar-refractivity contribution in [3.8, 4) is 0 Å². The maximum absolute atomic E-state index is 3.54. The van der Waals surface area contributed by atoms with Gasteiger partial charge in [0.15, 0.2) is 0 Å². The molecule has 0 aliphatic heterocycles. The first kappa shape index (κ1) is 19.7. The van der Waals surface area contributed by atoms with E-state index in [0.29, 0.717) is 0 Å². The maximum Gasteiger partial charge on any atom is 0.0792 e. The minimum absolute atomic E-state index is 0. The predicted octanol–water partition coefficient (Wildman–Crippen LogP) is 0.0368. The number of hydrogen-bond donors (Lipinski definition) is 1. The van der Waals surface area contributed by atoms with Gasteiger partial charge in [0, 0.05) is 13.0 Å². The molecule has 0 aliphatic carbocycles. The van der Waals surface area contributed by atoms with E-state index in [-0.39, 0.29) is 17.0 Å². The molecule has 0 fully saturated rings. The average molecular weight is 309 g/mol. The standard InChI is InChI=1S/C14H33N2.BrH/c1-5-6-7-8-9-10-12-15-13-11-14-16(2,3)4;/h15H,5-14H2,1-4H3;1H/q+1;/p-1. The molecule has 0 unspecified atom stereocenters. The van der Waals surface area contributed by atoms with Gasteiger partial charge in [0.05, 0.1) is 27.7 Å². The van der Waals surface area contributed by atoms with Gasteiger partial charge in [-0.1, -0.05) is 39.0 Å². The highest BCUT2D eigenvalue weighted by Gasteiger charge is 2.04. The van der Waals surface area contributed by atoms with Gasteiger partial charge in [0.1, 0.15) is 0 Å². The van der Waals surface area contributed by atoms with Crippen LogP contribution in [-0.2, 0) is 0 Å². The summed E-state index contributed by atoms with van der Waals surface area (Å²) in [6.45, 7) is 5.94. The molecule has 17 heavy (non-hydrogen) atoms. The molecule has 0 radical (unpaired) electrons. The Morgan fingerprint density at radius 2 is 1.29 bits per heavy atom. The van der Waals surface area contributed by atoms with Crippen molar-refractivity contribution in [2.75, 3.05) is 40.8 Å². The molecule has 0 rings (SSSR count). The smallest absolute Gasteiger partial charge is 0.0792 e. The van der Waals surface area contributed by atoms with E-state index in [9.17, 15) is 0 Å². The van der Waals surface area contributed by atoms with Crippen LogP contribution in [0, 0.1) is 0 Å². The van der Waals surface area contributed by atoms with E-state index in [4.69, 9.17) is 0 Å². The molecule has 0 aromatic heterocycles. The molecule has 106 valence electrons. The van der Waals surface area contributed by atoms with E-state index < -0.39 is 0 Å². The second-order valence-corrected chi connectivity index (χ2v) is 5.89. The SMILES string of the molecule is CCCCCCCCNCCC[N+](C)(C)C.[Br-]. The fourth-order valence-corrected chi connectivity index (χ4v) is 1.83. The van der Waals surface area contributed by atoms with Crippen LogP contribution in [0.3, 0.4) is 0 Å². The van der Waals surface area contributed by atoms with Crippen molar-refractivity contribution in [3.63, 3.8) is 0 Å². The summed E-state index contributed by atoms with van der Waals surface area (Å²) in [6.07, 6.45) is 9.67. The van der Waals surface area contributed by atoms with E-state index in [0.717, 1.165) is 4.48 Å². The summed E-state index contributed by atoms with van der Waals surface area (Å²) in [5.41, 5.74) is 0. The zero-order valence-electron chi connectivity index (χ0n) is 12.4. The number of nitrogens with zero attached hydrogens (tertiary/aromatic N) is 1. The van der Waals surface area contributed by atoms with Crippen LogP contribution < -0.4 is 22.3 Å². The first-order valence-corrected chi connectivity index (χ1v) is 7.07. The summed E-state index contributed by atoms with van der Waals surface area (Å²) in [6, 6.07) is 0. The Morgan fingerprint density at radius 3 is 1.88 bits per heavy atom. The van der Waals surface area contributed by atoms with Gasteiger partial charge < -0.3 is 26.8 Å². The minimum atomic E-state index is 0. The van der Waals surface area contributed by atoms with Gasteiger partial charge in [0.2, 0.25) is 0 Å². The number of unbranched alkanes of at least 4 members (excludes halogenated alkanes) is 5. The first-order valence-electron chi connectivity index (χ1n) is 7.07. The summed E-state index contributed by atoms with van der Waals surface area (Å²) in [7, 11) is 6.77. The Hall–Kier alpha value is 0.400. The molecule has 1 N–H and O–H groups in total. The highest BCUT2D eigenvalue weighted by Crippen LogP contribution is 2.03. The summed E-state index contributed by atoms with van der Waals surface area (Å²) < 4.78 is 1.08. The van der Waals surface area contributed by atoms with Crippen LogP contribution in [-0.4, -0.2) is 45.3 Å². The molecule has 0 spiro atoms. The molecular weight excluding hydrogens is 276 g/mol. The fraction of sp³-hybridized carbons (Fsp3) is 1.00. The van der Waals surface area contributed by atoms with Gasteiger partial charge in [-0.2, -0.15) is 0 Å². The molecule has 0 heterocycles. The van der Waals surface area contributed by atoms with E-state index in [1.54, 1.807) is 0 Å². The summed E-state index contributed by atoms with van der Waals surface area (Å²) in [5.74, 6) is 0. The molecule has 3 heteroatoms. The van der Waals surface area contributed by atoms with Gasteiger partial charge in [0.25, 0.3) is 0 Å².